The maximum absolute atomic E-state index is 13.9. The van der Waals surface area contributed by atoms with E-state index in [9.17, 15) is 8.78 Å². The smallest absolute Gasteiger partial charge is 0.134 e. The van der Waals surface area contributed by atoms with Crippen LogP contribution in [0.3, 0.4) is 0 Å². The van der Waals surface area contributed by atoms with E-state index in [1.165, 1.54) is 18.4 Å². The predicted molar refractivity (Wildman–Crippen MR) is 80.3 cm³/mol. The maximum Gasteiger partial charge on any atom is 0.134 e. The molecule has 2 rings (SSSR count). The monoisotopic (exact) mass is 430 g/mol. The van der Waals surface area contributed by atoms with E-state index in [1.807, 2.05) is 0 Å². The molecule has 0 aliphatic carbocycles. The second-order valence-electron chi connectivity index (χ2n) is 3.65. The van der Waals surface area contributed by atoms with Gasteiger partial charge in [0.15, 0.2) is 0 Å². The lowest BCUT2D eigenvalue weighted by Gasteiger charge is -2.12. The number of benzene rings is 1. The number of alkyl halides is 1. The standard InChI is InChI=1S/C12H7Br2ClF2OS/c1-18-5-2-7(16)10(8(17)3-5)11(15)6-4-9(13)19-12(6)14/h2-4,11H,1H3. The minimum Gasteiger partial charge on any atom is -0.497 e. The van der Waals surface area contributed by atoms with Gasteiger partial charge in [-0.05, 0) is 37.9 Å². The van der Waals surface area contributed by atoms with Gasteiger partial charge in [0.1, 0.15) is 17.4 Å². The molecule has 1 unspecified atom stereocenters. The number of ether oxygens (including phenoxy) is 1. The fraction of sp³-hybridized carbons (Fsp3) is 0.167. The molecule has 1 atom stereocenters. The van der Waals surface area contributed by atoms with Crippen LogP contribution in [0.25, 0.3) is 0 Å². The van der Waals surface area contributed by atoms with Crippen molar-refractivity contribution in [3.63, 3.8) is 0 Å². The third kappa shape index (κ3) is 3.12. The normalized spacial score (nSPS) is 12.5. The van der Waals surface area contributed by atoms with E-state index in [1.54, 1.807) is 6.07 Å². The highest BCUT2D eigenvalue weighted by atomic mass is 79.9. The first-order valence-electron chi connectivity index (χ1n) is 5.05. The number of halogens is 5. The van der Waals surface area contributed by atoms with Crippen molar-refractivity contribution in [2.24, 2.45) is 0 Å². The molecular formula is C12H7Br2ClF2OS. The van der Waals surface area contributed by atoms with Crippen LogP contribution in [0.5, 0.6) is 5.75 Å². The van der Waals surface area contributed by atoms with Crippen molar-refractivity contribution in [2.75, 3.05) is 7.11 Å². The molecule has 0 saturated heterocycles. The number of thiophene rings is 1. The first kappa shape index (κ1) is 15.2. The van der Waals surface area contributed by atoms with E-state index in [0.717, 1.165) is 19.7 Å². The molecular weight excluding hydrogens is 425 g/mol. The quantitative estimate of drug-likeness (QED) is 0.550. The highest BCUT2D eigenvalue weighted by molar-refractivity contribution is 9.12. The fourth-order valence-corrected chi connectivity index (χ4v) is 5.08. The molecule has 7 heteroatoms. The minimum atomic E-state index is -0.914. The van der Waals surface area contributed by atoms with Crippen LogP contribution in [0.15, 0.2) is 25.8 Å². The van der Waals surface area contributed by atoms with Crippen LogP contribution in [-0.2, 0) is 0 Å². The predicted octanol–water partition coefficient (Wildman–Crippen LogP) is 5.89. The third-order valence-corrected chi connectivity index (χ3v) is 5.34. The maximum atomic E-state index is 13.9. The first-order chi connectivity index (χ1) is 8.93. The van der Waals surface area contributed by atoms with Crippen molar-refractivity contribution in [3.05, 3.63) is 48.5 Å². The van der Waals surface area contributed by atoms with Gasteiger partial charge in [-0.3, -0.25) is 0 Å². The van der Waals surface area contributed by atoms with Gasteiger partial charge in [0.25, 0.3) is 0 Å². The lowest BCUT2D eigenvalue weighted by molar-refractivity contribution is 0.405. The zero-order valence-electron chi connectivity index (χ0n) is 9.52. The van der Waals surface area contributed by atoms with Gasteiger partial charge < -0.3 is 4.74 Å². The number of methoxy groups -OCH3 is 1. The van der Waals surface area contributed by atoms with Gasteiger partial charge >= 0.3 is 0 Å². The lowest BCUT2D eigenvalue weighted by Crippen LogP contribution is -2.01. The average Bonchev–Trinajstić information content (AvgIpc) is 2.67. The highest BCUT2D eigenvalue weighted by Gasteiger charge is 2.24. The largest absolute Gasteiger partial charge is 0.497 e. The Labute approximate surface area is 134 Å². The molecule has 0 aliphatic rings. The van der Waals surface area contributed by atoms with Gasteiger partial charge in [0.2, 0.25) is 0 Å². The summed E-state index contributed by atoms with van der Waals surface area (Å²) in [6.45, 7) is 0. The molecule has 102 valence electrons. The van der Waals surface area contributed by atoms with Gasteiger partial charge in [0, 0.05) is 23.3 Å². The van der Waals surface area contributed by atoms with E-state index in [-0.39, 0.29) is 11.3 Å². The summed E-state index contributed by atoms with van der Waals surface area (Å²) in [7, 11) is 1.35. The number of hydrogen-bond acceptors (Lipinski definition) is 2. The van der Waals surface area contributed by atoms with E-state index < -0.39 is 17.0 Å². The Balaban J connectivity index is 2.50. The molecule has 0 radical (unpaired) electrons. The molecule has 0 amide bonds. The molecule has 19 heavy (non-hydrogen) atoms. The van der Waals surface area contributed by atoms with E-state index in [2.05, 4.69) is 31.9 Å². The fourth-order valence-electron chi connectivity index (χ4n) is 1.60. The molecule has 0 bridgehead atoms. The van der Waals surface area contributed by atoms with Crippen LogP contribution in [0.2, 0.25) is 0 Å². The molecule has 0 spiro atoms. The molecule has 0 saturated carbocycles. The lowest BCUT2D eigenvalue weighted by atomic mass is 10.1. The van der Waals surface area contributed by atoms with Gasteiger partial charge in [-0.2, -0.15) is 0 Å². The Hall–Kier alpha value is -0.170. The summed E-state index contributed by atoms with van der Waals surface area (Å²) < 4.78 is 34.3. The van der Waals surface area contributed by atoms with Crippen LogP contribution in [0.1, 0.15) is 16.5 Å². The summed E-state index contributed by atoms with van der Waals surface area (Å²) in [5, 5.41) is -0.914. The Morgan fingerprint density at radius 2 is 1.79 bits per heavy atom. The summed E-state index contributed by atoms with van der Waals surface area (Å²) in [4.78, 5) is 0. The Morgan fingerprint density at radius 3 is 2.21 bits per heavy atom. The summed E-state index contributed by atoms with van der Waals surface area (Å²) in [6.07, 6.45) is 0. The van der Waals surface area contributed by atoms with Crippen molar-refractivity contribution in [1.29, 1.82) is 0 Å². The second kappa shape index (κ2) is 6.08. The molecule has 0 N–H and O–H groups in total. The van der Waals surface area contributed by atoms with E-state index >= 15 is 0 Å². The highest BCUT2D eigenvalue weighted by Crippen LogP contribution is 2.42. The third-order valence-electron chi connectivity index (χ3n) is 2.50. The van der Waals surface area contributed by atoms with E-state index in [4.69, 9.17) is 16.3 Å². The molecule has 1 nitrogen and oxygen atoms in total. The zero-order chi connectivity index (χ0) is 14.2. The number of hydrogen-bond donors (Lipinski definition) is 0. The Kier molecular flexibility index (Phi) is 4.87. The van der Waals surface area contributed by atoms with Crippen LogP contribution in [-0.4, -0.2) is 7.11 Å². The van der Waals surface area contributed by atoms with Gasteiger partial charge in [-0.1, -0.05) is 0 Å². The van der Waals surface area contributed by atoms with Crippen LogP contribution < -0.4 is 4.74 Å². The van der Waals surface area contributed by atoms with Crippen molar-refractivity contribution in [3.8, 4) is 5.75 Å². The van der Waals surface area contributed by atoms with Crippen molar-refractivity contribution < 1.29 is 13.5 Å². The summed E-state index contributed by atoms with van der Waals surface area (Å²) in [5.74, 6) is -1.34. The van der Waals surface area contributed by atoms with Crippen LogP contribution >= 0.6 is 54.8 Å². The molecule has 1 aromatic heterocycles. The summed E-state index contributed by atoms with van der Waals surface area (Å²) >= 11 is 14.2. The topological polar surface area (TPSA) is 9.23 Å². The molecule has 0 aliphatic heterocycles. The molecule has 2 aromatic rings. The van der Waals surface area contributed by atoms with Gasteiger partial charge in [-0.15, -0.1) is 22.9 Å². The van der Waals surface area contributed by atoms with E-state index in [0.29, 0.717) is 5.56 Å². The van der Waals surface area contributed by atoms with Gasteiger partial charge in [0.05, 0.1) is 20.1 Å². The van der Waals surface area contributed by atoms with Crippen LogP contribution in [0.4, 0.5) is 8.78 Å². The van der Waals surface area contributed by atoms with Crippen molar-refractivity contribution in [1.82, 2.24) is 0 Å². The molecule has 0 fully saturated rings. The zero-order valence-corrected chi connectivity index (χ0v) is 14.3. The first-order valence-corrected chi connectivity index (χ1v) is 7.89. The molecule has 1 aromatic carbocycles. The minimum absolute atomic E-state index is 0.119. The SMILES string of the molecule is COc1cc(F)c(C(Cl)c2cc(Br)sc2Br)c(F)c1. The van der Waals surface area contributed by atoms with Crippen LogP contribution in [0, 0.1) is 11.6 Å². The Morgan fingerprint density at radius 1 is 1.21 bits per heavy atom. The van der Waals surface area contributed by atoms with Crippen molar-refractivity contribution >= 4 is 54.8 Å². The second-order valence-corrected chi connectivity index (χ2v) is 7.83. The van der Waals surface area contributed by atoms with Crippen molar-refractivity contribution in [2.45, 2.75) is 5.38 Å². The van der Waals surface area contributed by atoms with Gasteiger partial charge in [-0.25, -0.2) is 8.78 Å². The Bertz CT molecular complexity index is 595. The summed E-state index contributed by atoms with van der Waals surface area (Å²) in [6, 6.07) is 3.96. The number of rotatable bonds is 3. The molecule has 1 heterocycles. The summed E-state index contributed by atoms with van der Waals surface area (Å²) in [5.41, 5.74) is 0.426. The average molecular weight is 433 g/mol.